The van der Waals surface area contributed by atoms with Crippen molar-refractivity contribution in [1.29, 1.82) is 0 Å². The molecule has 1 N–H and O–H groups in total. The SMILES string of the molecule is COc1ccc(CCC(=O)Nc2ccccc2C(=O)OCC(=O)c2ccccc2)cc1. The number of amides is 1. The smallest absolute Gasteiger partial charge is 0.340 e. The van der Waals surface area contributed by atoms with E-state index in [1.165, 1.54) is 0 Å². The topological polar surface area (TPSA) is 81.7 Å². The molecule has 0 heterocycles. The average Bonchev–Trinajstić information content (AvgIpc) is 2.82. The monoisotopic (exact) mass is 417 g/mol. The predicted octanol–water partition coefficient (Wildman–Crippen LogP) is 4.31. The fourth-order valence-corrected chi connectivity index (χ4v) is 2.95. The van der Waals surface area contributed by atoms with Crippen LogP contribution in [-0.4, -0.2) is 31.4 Å². The van der Waals surface area contributed by atoms with Gasteiger partial charge in [-0.25, -0.2) is 4.79 Å². The summed E-state index contributed by atoms with van der Waals surface area (Å²) in [4.78, 5) is 37.0. The fourth-order valence-electron chi connectivity index (χ4n) is 2.95. The van der Waals surface area contributed by atoms with Crippen molar-refractivity contribution >= 4 is 23.3 Å². The van der Waals surface area contributed by atoms with Crippen LogP contribution in [0.2, 0.25) is 0 Å². The number of carbonyl (C=O) groups excluding carboxylic acids is 3. The van der Waals surface area contributed by atoms with Crippen molar-refractivity contribution in [2.75, 3.05) is 19.0 Å². The Labute approximate surface area is 180 Å². The van der Waals surface area contributed by atoms with Crippen molar-refractivity contribution in [2.24, 2.45) is 0 Å². The van der Waals surface area contributed by atoms with E-state index in [0.29, 0.717) is 17.7 Å². The summed E-state index contributed by atoms with van der Waals surface area (Å²) in [6.45, 7) is -0.372. The van der Waals surface area contributed by atoms with Crippen LogP contribution in [0.15, 0.2) is 78.9 Å². The molecule has 0 saturated carbocycles. The van der Waals surface area contributed by atoms with Crippen LogP contribution in [0.4, 0.5) is 5.69 Å². The van der Waals surface area contributed by atoms with Crippen LogP contribution in [0.25, 0.3) is 0 Å². The van der Waals surface area contributed by atoms with Gasteiger partial charge in [0.15, 0.2) is 12.4 Å². The molecule has 158 valence electrons. The maximum atomic E-state index is 12.5. The highest BCUT2D eigenvalue weighted by molar-refractivity contribution is 6.03. The summed E-state index contributed by atoms with van der Waals surface area (Å²) >= 11 is 0. The molecule has 0 aromatic heterocycles. The number of para-hydroxylation sites is 1. The second-order valence-corrected chi connectivity index (χ2v) is 6.81. The summed E-state index contributed by atoms with van der Waals surface area (Å²) in [5.74, 6) is -0.437. The van der Waals surface area contributed by atoms with Crippen LogP contribution in [-0.2, 0) is 16.0 Å². The highest BCUT2D eigenvalue weighted by atomic mass is 16.5. The molecule has 0 saturated heterocycles. The Morgan fingerprint density at radius 3 is 2.23 bits per heavy atom. The summed E-state index contributed by atoms with van der Waals surface area (Å²) in [5.41, 5.74) is 2.01. The van der Waals surface area contributed by atoms with E-state index in [1.807, 2.05) is 24.3 Å². The zero-order valence-electron chi connectivity index (χ0n) is 17.2. The van der Waals surface area contributed by atoms with E-state index in [0.717, 1.165) is 11.3 Å². The quantitative estimate of drug-likeness (QED) is 0.415. The number of rotatable bonds is 9. The number of Topliss-reactive ketones (excluding diaryl/α,β-unsaturated/α-hetero) is 1. The first-order valence-corrected chi connectivity index (χ1v) is 9.84. The summed E-state index contributed by atoms with van der Waals surface area (Å²) in [5, 5.41) is 2.75. The molecule has 0 bridgehead atoms. The number of methoxy groups -OCH3 is 1. The molecule has 0 fully saturated rings. The molecule has 0 aliphatic heterocycles. The molecule has 31 heavy (non-hydrogen) atoms. The van der Waals surface area contributed by atoms with Gasteiger partial charge in [-0.15, -0.1) is 0 Å². The van der Waals surface area contributed by atoms with Crippen molar-refractivity contribution in [3.63, 3.8) is 0 Å². The number of hydrogen-bond donors (Lipinski definition) is 1. The number of ketones is 1. The van der Waals surface area contributed by atoms with E-state index in [1.54, 1.807) is 61.7 Å². The molecule has 0 unspecified atom stereocenters. The van der Waals surface area contributed by atoms with Gasteiger partial charge in [-0.05, 0) is 36.2 Å². The van der Waals surface area contributed by atoms with E-state index in [9.17, 15) is 14.4 Å². The lowest BCUT2D eigenvalue weighted by atomic mass is 10.1. The number of benzene rings is 3. The molecule has 0 aliphatic carbocycles. The fraction of sp³-hybridized carbons (Fsp3) is 0.160. The number of aryl methyl sites for hydroxylation is 1. The molecular weight excluding hydrogens is 394 g/mol. The van der Waals surface area contributed by atoms with Crippen molar-refractivity contribution in [3.8, 4) is 5.75 Å². The van der Waals surface area contributed by atoms with E-state index < -0.39 is 5.97 Å². The zero-order valence-corrected chi connectivity index (χ0v) is 17.2. The first-order chi connectivity index (χ1) is 15.1. The van der Waals surface area contributed by atoms with Gasteiger partial charge in [0.1, 0.15) is 5.75 Å². The van der Waals surface area contributed by atoms with E-state index >= 15 is 0 Å². The van der Waals surface area contributed by atoms with Crippen molar-refractivity contribution in [1.82, 2.24) is 0 Å². The minimum absolute atomic E-state index is 0.196. The minimum Gasteiger partial charge on any atom is -0.497 e. The third-order valence-corrected chi connectivity index (χ3v) is 4.65. The van der Waals surface area contributed by atoms with Crippen LogP contribution < -0.4 is 10.1 Å². The standard InChI is InChI=1S/C25H23NO5/c1-30-20-14-11-18(12-15-20)13-16-24(28)26-22-10-6-5-9-21(22)25(29)31-17-23(27)19-7-3-2-4-8-19/h2-12,14-15H,13,16-17H2,1H3,(H,26,28). The van der Waals surface area contributed by atoms with Crippen molar-refractivity contribution in [3.05, 3.63) is 95.6 Å². The molecule has 0 aliphatic rings. The third kappa shape index (κ3) is 6.27. The number of hydrogen-bond acceptors (Lipinski definition) is 5. The molecular formula is C25H23NO5. The Morgan fingerprint density at radius 2 is 1.52 bits per heavy atom. The van der Waals surface area contributed by atoms with Gasteiger partial charge in [0, 0.05) is 12.0 Å². The summed E-state index contributed by atoms with van der Waals surface area (Å²) in [7, 11) is 1.60. The molecule has 3 aromatic rings. The third-order valence-electron chi connectivity index (χ3n) is 4.65. The van der Waals surface area contributed by atoms with Crippen molar-refractivity contribution < 1.29 is 23.9 Å². The van der Waals surface area contributed by atoms with E-state index in [4.69, 9.17) is 9.47 Å². The maximum absolute atomic E-state index is 12.5. The largest absolute Gasteiger partial charge is 0.497 e. The van der Waals surface area contributed by atoms with Gasteiger partial charge in [-0.2, -0.15) is 0 Å². The Hall–Kier alpha value is -3.93. The van der Waals surface area contributed by atoms with Crippen LogP contribution in [0.1, 0.15) is 32.7 Å². The first-order valence-electron chi connectivity index (χ1n) is 9.84. The lowest BCUT2D eigenvalue weighted by molar-refractivity contribution is -0.116. The number of anilines is 1. The molecule has 0 atom stereocenters. The van der Waals surface area contributed by atoms with Crippen LogP contribution in [0.5, 0.6) is 5.75 Å². The predicted molar refractivity (Wildman–Crippen MR) is 117 cm³/mol. The number of ether oxygens (including phenoxy) is 2. The van der Waals surface area contributed by atoms with Crippen LogP contribution in [0, 0.1) is 0 Å². The molecule has 0 spiro atoms. The summed E-state index contributed by atoms with van der Waals surface area (Å²) in [6.07, 6.45) is 0.802. The summed E-state index contributed by atoms with van der Waals surface area (Å²) < 4.78 is 10.3. The summed E-state index contributed by atoms with van der Waals surface area (Å²) in [6, 6.07) is 22.7. The first kappa shape index (κ1) is 21.8. The van der Waals surface area contributed by atoms with Gasteiger partial charge in [-0.3, -0.25) is 9.59 Å². The number of nitrogens with one attached hydrogen (secondary N) is 1. The highest BCUT2D eigenvalue weighted by Gasteiger charge is 2.16. The molecule has 6 heteroatoms. The van der Waals surface area contributed by atoms with Gasteiger partial charge in [0.05, 0.1) is 18.4 Å². The maximum Gasteiger partial charge on any atom is 0.340 e. The Balaban J connectivity index is 1.56. The second-order valence-electron chi connectivity index (χ2n) is 6.81. The lowest BCUT2D eigenvalue weighted by Crippen LogP contribution is -2.18. The minimum atomic E-state index is -0.671. The van der Waals surface area contributed by atoms with Gasteiger partial charge in [0.2, 0.25) is 5.91 Å². The highest BCUT2D eigenvalue weighted by Crippen LogP contribution is 2.18. The van der Waals surface area contributed by atoms with E-state index in [2.05, 4.69) is 5.32 Å². The molecule has 6 nitrogen and oxygen atoms in total. The number of carbonyl (C=O) groups is 3. The van der Waals surface area contributed by atoms with Crippen LogP contribution >= 0.6 is 0 Å². The number of esters is 1. The van der Waals surface area contributed by atoms with Crippen molar-refractivity contribution in [2.45, 2.75) is 12.8 Å². The Bertz CT molecular complexity index is 1050. The Kier molecular flexibility index (Phi) is 7.54. The van der Waals surface area contributed by atoms with E-state index in [-0.39, 0.29) is 30.3 Å². The molecule has 1 amide bonds. The lowest BCUT2D eigenvalue weighted by Gasteiger charge is -2.11. The molecule has 3 aromatic carbocycles. The van der Waals surface area contributed by atoms with Gasteiger partial charge in [-0.1, -0.05) is 54.6 Å². The average molecular weight is 417 g/mol. The zero-order chi connectivity index (χ0) is 22.1. The normalized spacial score (nSPS) is 10.2. The van der Waals surface area contributed by atoms with Gasteiger partial charge in [0.25, 0.3) is 0 Å². The second kappa shape index (κ2) is 10.7. The molecule has 3 rings (SSSR count). The van der Waals surface area contributed by atoms with Gasteiger partial charge >= 0.3 is 5.97 Å². The van der Waals surface area contributed by atoms with Crippen LogP contribution in [0.3, 0.4) is 0 Å². The van der Waals surface area contributed by atoms with Gasteiger partial charge < -0.3 is 14.8 Å². The molecule has 0 radical (unpaired) electrons. The Morgan fingerprint density at radius 1 is 0.839 bits per heavy atom.